The molecule has 0 radical (unpaired) electrons. The Kier molecular flexibility index (Phi) is 5.32. The Morgan fingerprint density at radius 1 is 1.00 bits per heavy atom. The molecule has 7 heteroatoms. The molecule has 0 aliphatic carbocycles. The number of hydrogen-bond acceptors (Lipinski definition) is 3. The highest BCUT2D eigenvalue weighted by Gasteiger charge is 2.21. The lowest BCUT2D eigenvalue weighted by atomic mass is 9.92. The van der Waals surface area contributed by atoms with Gasteiger partial charge in [-0.2, -0.15) is 5.26 Å². The van der Waals surface area contributed by atoms with E-state index in [4.69, 9.17) is 52.1 Å². The van der Waals surface area contributed by atoms with E-state index in [0.29, 0.717) is 48.0 Å². The van der Waals surface area contributed by atoms with Gasteiger partial charge < -0.3 is 5.73 Å². The van der Waals surface area contributed by atoms with E-state index in [1.54, 1.807) is 36.4 Å². The van der Waals surface area contributed by atoms with Crippen molar-refractivity contribution in [2.45, 2.75) is 6.92 Å². The minimum atomic E-state index is 0.0881. The normalized spacial score (nSPS) is 10.6. The molecule has 1 aromatic heterocycles. The number of anilines is 1. The molecule has 0 saturated carbocycles. The van der Waals surface area contributed by atoms with E-state index in [2.05, 4.69) is 11.1 Å². The lowest BCUT2D eigenvalue weighted by Gasteiger charge is -2.17. The quantitative estimate of drug-likeness (QED) is 0.494. The Labute approximate surface area is 170 Å². The van der Waals surface area contributed by atoms with Gasteiger partial charge in [-0.05, 0) is 36.8 Å². The number of nitrogens with two attached hydrogens (primary N) is 1. The average Bonchev–Trinajstić information content (AvgIpc) is 2.59. The van der Waals surface area contributed by atoms with E-state index in [-0.39, 0.29) is 11.4 Å². The van der Waals surface area contributed by atoms with Gasteiger partial charge in [0.2, 0.25) is 0 Å². The van der Waals surface area contributed by atoms with Crippen molar-refractivity contribution in [3.8, 4) is 28.5 Å². The number of nitrogen functional groups attached to an aromatic ring is 1. The van der Waals surface area contributed by atoms with Gasteiger partial charge in [-0.3, -0.25) is 0 Å². The first-order valence-electron chi connectivity index (χ1n) is 7.45. The molecular weight excluding hydrogens is 412 g/mol. The van der Waals surface area contributed by atoms with Crippen molar-refractivity contribution in [3.63, 3.8) is 0 Å². The Hall–Kier alpha value is -1.96. The van der Waals surface area contributed by atoms with Crippen LogP contribution in [0.5, 0.6) is 0 Å². The molecule has 0 atom stereocenters. The summed E-state index contributed by atoms with van der Waals surface area (Å²) in [5.41, 5.74) is 9.40. The SMILES string of the molecule is Cc1c(-c2ccc(Cl)cc2Cl)nc(N)c(C#N)c1-c1cccc(Cl)c1Cl. The summed E-state index contributed by atoms with van der Waals surface area (Å²) in [6, 6.07) is 12.4. The van der Waals surface area contributed by atoms with Crippen molar-refractivity contribution in [1.82, 2.24) is 4.98 Å². The molecule has 1 heterocycles. The monoisotopic (exact) mass is 421 g/mol. The molecule has 0 unspecified atom stereocenters. The van der Waals surface area contributed by atoms with Crippen molar-refractivity contribution in [2.24, 2.45) is 0 Å². The van der Waals surface area contributed by atoms with Crippen molar-refractivity contribution < 1.29 is 0 Å². The van der Waals surface area contributed by atoms with Crippen LogP contribution in [0.1, 0.15) is 11.1 Å². The van der Waals surface area contributed by atoms with E-state index < -0.39 is 0 Å². The van der Waals surface area contributed by atoms with Crippen LogP contribution >= 0.6 is 46.4 Å². The molecule has 0 amide bonds. The molecule has 130 valence electrons. The molecule has 0 fully saturated rings. The number of hydrogen-bond donors (Lipinski definition) is 1. The second kappa shape index (κ2) is 7.34. The summed E-state index contributed by atoms with van der Waals surface area (Å²) in [5.74, 6) is 0.0881. The molecule has 2 aromatic carbocycles. The molecule has 0 spiro atoms. The second-order valence-corrected chi connectivity index (χ2v) is 7.19. The van der Waals surface area contributed by atoms with Gasteiger partial charge in [-0.25, -0.2) is 4.98 Å². The van der Waals surface area contributed by atoms with Gasteiger partial charge in [0.15, 0.2) is 0 Å². The number of nitriles is 1. The molecule has 26 heavy (non-hydrogen) atoms. The molecule has 3 rings (SSSR count). The fraction of sp³-hybridized carbons (Fsp3) is 0.0526. The third-order valence-electron chi connectivity index (χ3n) is 3.99. The summed E-state index contributed by atoms with van der Waals surface area (Å²) in [4.78, 5) is 4.39. The van der Waals surface area contributed by atoms with E-state index >= 15 is 0 Å². The Morgan fingerprint density at radius 3 is 2.38 bits per heavy atom. The van der Waals surface area contributed by atoms with Crippen LogP contribution in [0.15, 0.2) is 36.4 Å². The largest absolute Gasteiger partial charge is 0.383 e. The van der Waals surface area contributed by atoms with Crippen molar-refractivity contribution in [3.05, 3.63) is 67.6 Å². The second-order valence-electron chi connectivity index (χ2n) is 5.56. The molecule has 3 aromatic rings. The highest BCUT2D eigenvalue weighted by atomic mass is 35.5. The summed E-state index contributed by atoms with van der Waals surface area (Å²) in [5, 5.41) is 11.3. The minimum absolute atomic E-state index is 0.0881. The van der Waals surface area contributed by atoms with Crippen LogP contribution in [-0.2, 0) is 0 Å². The number of benzene rings is 2. The predicted octanol–water partition coefficient (Wildman–Crippen LogP) is 6.79. The third kappa shape index (κ3) is 3.22. The maximum absolute atomic E-state index is 9.61. The number of pyridine rings is 1. The van der Waals surface area contributed by atoms with E-state index in [1.165, 1.54) is 0 Å². The summed E-state index contributed by atoms with van der Waals surface area (Å²) in [6.07, 6.45) is 0. The zero-order valence-electron chi connectivity index (χ0n) is 13.4. The molecule has 0 bridgehead atoms. The topological polar surface area (TPSA) is 62.7 Å². The van der Waals surface area contributed by atoms with E-state index in [9.17, 15) is 5.26 Å². The fourth-order valence-corrected chi connectivity index (χ4v) is 3.68. The van der Waals surface area contributed by atoms with Crippen LogP contribution < -0.4 is 5.73 Å². The number of nitrogens with zero attached hydrogens (tertiary/aromatic N) is 2. The van der Waals surface area contributed by atoms with Crippen LogP contribution in [0.4, 0.5) is 5.82 Å². The Bertz CT molecular complexity index is 1070. The summed E-state index contributed by atoms with van der Waals surface area (Å²) < 4.78 is 0. The highest BCUT2D eigenvalue weighted by Crippen LogP contribution is 2.42. The summed E-state index contributed by atoms with van der Waals surface area (Å²) in [6.45, 7) is 1.83. The molecular formula is C19H11Cl4N3. The predicted molar refractivity (Wildman–Crippen MR) is 109 cm³/mol. The summed E-state index contributed by atoms with van der Waals surface area (Å²) >= 11 is 24.9. The van der Waals surface area contributed by atoms with Crippen molar-refractivity contribution in [1.29, 1.82) is 5.26 Å². The first kappa shape index (κ1) is 18.8. The number of rotatable bonds is 2. The standard InChI is InChI=1S/C19H11Cl4N3/c1-9-16(12-3-2-4-14(21)17(12)23)13(8-24)19(25)26-18(9)11-6-5-10(20)7-15(11)22/h2-7H,1H3,(H2,25,26). The first-order valence-corrected chi connectivity index (χ1v) is 8.96. The third-order valence-corrected chi connectivity index (χ3v) is 5.35. The Balaban J connectivity index is 2.40. The van der Waals surface area contributed by atoms with Crippen LogP contribution in [0, 0.1) is 18.3 Å². The van der Waals surface area contributed by atoms with Crippen LogP contribution in [0.2, 0.25) is 20.1 Å². The Morgan fingerprint density at radius 2 is 1.73 bits per heavy atom. The lowest BCUT2D eigenvalue weighted by molar-refractivity contribution is 1.26. The highest BCUT2D eigenvalue weighted by molar-refractivity contribution is 6.43. The van der Waals surface area contributed by atoms with E-state index in [1.807, 2.05) is 6.92 Å². The fourth-order valence-electron chi connectivity index (χ4n) is 2.78. The zero-order valence-corrected chi connectivity index (χ0v) is 16.5. The number of halogens is 4. The van der Waals surface area contributed by atoms with Crippen LogP contribution in [-0.4, -0.2) is 4.98 Å². The van der Waals surface area contributed by atoms with Crippen molar-refractivity contribution >= 4 is 52.2 Å². The lowest BCUT2D eigenvalue weighted by Crippen LogP contribution is -2.04. The van der Waals surface area contributed by atoms with E-state index in [0.717, 1.165) is 0 Å². The maximum atomic E-state index is 9.61. The molecule has 3 nitrogen and oxygen atoms in total. The minimum Gasteiger partial charge on any atom is -0.383 e. The number of aromatic nitrogens is 1. The van der Waals surface area contributed by atoms with Gasteiger partial charge in [0.05, 0.1) is 20.8 Å². The molecule has 0 aliphatic rings. The molecule has 2 N–H and O–H groups in total. The first-order chi connectivity index (χ1) is 12.3. The maximum Gasteiger partial charge on any atom is 0.142 e. The van der Waals surface area contributed by atoms with Crippen LogP contribution in [0.25, 0.3) is 22.4 Å². The zero-order chi connectivity index (χ0) is 19.0. The van der Waals surface area contributed by atoms with Gasteiger partial charge >= 0.3 is 0 Å². The van der Waals surface area contributed by atoms with Crippen LogP contribution in [0.3, 0.4) is 0 Å². The summed E-state index contributed by atoms with van der Waals surface area (Å²) in [7, 11) is 0. The average molecular weight is 423 g/mol. The molecule has 0 aliphatic heterocycles. The van der Waals surface area contributed by atoms with Gasteiger partial charge in [0, 0.05) is 21.7 Å². The van der Waals surface area contributed by atoms with Crippen molar-refractivity contribution in [2.75, 3.05) is 5.73 Å². The molecule has 0 saturated heterocycles. The van der Waals surface area contributed by atoms with Gasteiger partial charge in [0.1, 0.15) is 17.5 Å². The van der Waals surface area contributed by atoms with Gasteiger partial charge in [0.25, 0.3) is 0 Å². The van der Waals surface area contributed by atoms with Gasteiger partial charge in [-0.1, -0.05) is 58.5 Å². The van der Waals surface area contributed by atoms with Gasteiger partial charge in [-0.15, -0.1) is 0 Å². The smallest absolute Gasteiger partial charge is 0.142 e.